The molecule has 0 atom stereocenters. The first-order valence-electron chi connectivity index (χ1n) is 7.78. The Labute approximate surface area is 163 Å². The van der Waals surface area contributed by atoms with Crippen molar-refractivity contribution in [3.63, 3.8) is 0 Å². The average Bonchev–Trinajstić information content (AvgIpc) is 3.06. The van der Waals surface area contributed by atoms with Crippen LogP contribution in [0.5, 0.6) is 0 Å². The van der Waals surface area contributed by atoms with Gasteiger partial charge in [-0.25, -0.2) is 4.98 Å². The molecule has 2 heterocycles. The van der Waals surface area contributed by atoms with Crippen LogP contribution in [-0.4, -0.2) is 36.5 Å². The van der Waals surface area contributed by atoms with E-state index in [0.29, 0.717) is 0 Å². The Morgan fingerprint density at radius 1 is 1.08 bits per heavy atom. The maximum Gasteiger partial charge on any atom is 0.392 e. The molecular weight excluding hydrogens is 496 g/mol. The van der Waals surface area contributed by atoms with Crippen molar-refractivity contribution in [2.75, 3.05) is 22.7 Å². The van der Waals surface area contributed by atoms with E-state index in [0.717, 1.165) is 18.9 Å². The van der Waals surface area contributed by atoms with Crippen molar-refractivity contribution in [1.82, 2.24) is 4.98 Å². The molecule has 1 N–H and O–H groups in total. The molecule has 7 heteroatoms. The standard InChI is InChI=1S/C13H13BN3.C5H8O2.Pt/c1-2-6-12(7-3-1)16-10-11-17(14-16)13-8-4-5-9-15-13;1-4(6)3-5(2)7;/h1-9H,10-11H2;3,6H,1-2H3;. The Bertz CT molecular complexity index is 634. The van der Waals surface area contributed by atoms with E-state index < -0.39 is 0 Å². The summed E-state index contributed by atoms with van der Waals surface area (Å²) in [5, 5.41) is 8.36. The molecule has 0 saturated carbocycles. The van der Waals surface area contributed by atoms with Crippen molar-refractivity contribution in [3.05, 3.63) is 66.6 Å². The summed E-state index contributed by atoms with van der Waals surface area (Å²) in [5.74, 6) is 0.943. The third-order valence-corrected chi connectivity index (χ3v) is 3.30. The number of para-hydroxylation sites is 1. The van der Waals surface area contributed by atoms with Crippen molar-refractivity contribution < 1.29 is 31.0 Å². The van der Waals surface area contributed by atoms with E-state index in [4.69, 9.17) is 5.11 Å². The fourth-order valence-electron chi connectivity index (χ4n) is 2.31. The summed E-state index contributed by atoms with van der Waals surface area (Å²) in [6, 6.07) is 16.4. The second-order valence-electron chi connectivity index (χ2n) is 5.42. The predicted molar refractivity (Wildman–Crippen MR) is 98.2 cm³/mol. The van der Waals surface area contributed by atoms with E-state index in [2.05, 4.69) is 46.4 Å². The molecule has 25 heavy (non-hydrogen) atoms. The Kier molecular flexibility index (Phi) is 9.00. The first-order chi connectivity index (χ1) is 11.6. The topological polar surface area (TPSA) is 56.7 Å². The molecule has 0 amide bonds. The number of hydrogen-bond donors (Lipinski definition) is 1. The number of rotatable bonds is 3. The van der Waals surface area contributed by atoms with Crippen LogP contribution in [0, 0.1) is 0 Å². The minimum absolute atomic E-state index is 0. The molecule has 1 aromatic heterocycles. The van der Waals surface area contributed by atoms with Crippen LogP contribution in [0.2, 0.25) is 0 Å². The SMILES string of the molecule is CC(=O)C=C(C)O.[B]1N(c2ccccc2)CCN1c1ccccn1.[Pt]. The third kappa shape index (κ3) is 7.14. The van der Waals surface area contributed by atoms with Gasteiger partial charge in [0.1, 0.15) is 5.82 Å². The van der Waals surface area contributed by atoms with Gasteiger partial charge in [-0.3, -0.25) is 4.79 Å². The molecule has 133 valence electrons. The van der Waals surface area contributed by atoms with Crippen LogP contribution in [0.15, 0.2) is 66.6 Å². The van der Waals surface area contributed by atoms with Crippen LogP contribution in [0.3, 0.4) is 0 Å². The molecule has 1 radical (unpaired) electrons. The molecule has 3 rings (SSSR count). The van der Waals surface area contributed by atoms with E-state index >= 15 is 0 Å². The molecule has 1 aliphatic heterocycles. The van der Waals surface area contributed by atoms with Gasteiger partial charge in [-0.1, -0.05) is 24.3 Å². The predicted octanol–water partition coefficient (Wildman–Crippen LogP) is 2.98. The van der Waals surface area contributed by atoms with Gasteiger partial charge >= 0.3 is 7.55 Å². The fourth-order valence-corrected chi connectivity index (χ4v) is 2.31. The van der Waals surface area contributed by atoms with E-state index in [-0.39, 0.29) is 32.6 Å². The number of aromatic nitrogens is 1. The molecule has 0 unspecified atom stereocenters. The number of ketones is 1. The summed E-state index contributed by atoms with van der Waals surface area (Å²) in [4.78, 5) is 18.8. The minimum Gasteiger partial charge on any atom is -0.512 e. The molecule has 0 aliphatic carbocycles. The number of aliphatic hydroxyl groups excluding tert-OH is 1. The van der Waals surface area contributed by atoms with Crippen LogP contribution in [0.25, 0.3) is 0 Å². The zero-order valence-corrected chi connectivity index (χ0v) is 16.6. The number of allylic oxidation sites excluding steroid dienone is 2. The van der Waals surface area contributed by atoms with E-state index in [1.807, 2.05) is 30.5 Å². The zero-order valence-electron chi connectivity index (χ0n) is 14.3. The summed E-state index contributed by atoms with van der Waals surface area (Å²) < 4.78 is 0. The smallest absolute Gasteiger partial charge is 0.392 e. The van der Waals surface area contributed by atoms with Gasteiger partial charge in [-0.15, -0.1) is 0 Å². The van der Waals surface area contributed by atoms with E-state index in [1.54, 1.807) is 0 Å². The normalized spacial score (nSPS) is 13.3. The number of carbonyl (C=O) groups excluding carboxylic acids is 1. The third-order valence-electron chi connectivity index (χ3n) is 3.30. The van der Waals surface area contributed by atoms with Crippen molar-refractivity contribution in [3.8, 4) is 0 Å². The van der Waals surface area contributed by atoms with Crippen LogP contribution < -0.4 is 9.62 Å². The van der Waals surface area contributed by atoms with Crippen molar-refractivity contribution in [2.45, 2.75) is 13.8 Å². The van der Waals surface area contributed by atoms with Crippen molar-refractivity contribution in [2.24, 2.45) is 0 Å². The largest absolute Gasteiger partial charge is 0.512 e. The number of benzene rings is 1. The number of aliphatic hydroxyl groups is 1. The average molecular weight is 517 g/mol. The van der Waals surface area contributed by atoms with Gasteiger partial charge in [0.25, 0.3) is 0 Å². The van der Waals surface area contributed by atoms with Gasteiger partial charge in [0.2, 0.25) is 0 Å². The van der Waals surface area contributed by atoms with Crippen molar-refractivity contribution >= 4 is 24.8 Å². The number of carbonyl (C=O) groups is 1. The second kappa shape index (κ2) is 10.7. The van der Waals surface area contributed by atoms with Gasteiger partial charge in [0.15, 0.2) is 5.78 Å². The maximum atomic E-state index is 10.0. The molecule has 5 nitrogen and oxygen atoms in total. The molecule has 1 aromatic carbocycles. The quantitative estimate of drug-likeness (QED) is 0.386. The number of nitrogens with zero attached hydrogens (tertiary/aromatic N) is 3. The molecule has 0 spiro atoms. The summed E-state index contributed by atoms with van der Waals surface area (Å²) >= 11 is 0. The first-order valence-corrected chi connectivity index (χ1v) is 7.78. The Hall–Kier alpha value is -2.07. The van der Waals surface area contributed by atoms with Crippen LogP contribution >= 0.6 is 0 Å². The van der Waals surface area contributed by atoms with Gasteiger partial charge in [-0.2, -0.15) is 0 Å². The number of hydrogen-bond acceptors (Lipinski definition) is 5. The minimum atomic E-state index is -0.125. The van der Waals surface area contributed by atoms with Crippen LogP contribution in [0.4, 0.5) is 11.5 Å². The fraction of sp³-hybridized carbons (Fsp3) is 0.222. The summed E-state index contributed by atoms with van der Waals surface area (Å²) in [6.07, 6.45) is 2.99. The molecule has 0 bridgehead atoms. The number of pyridine rings is 1. The van der Waals surface area contributed by atoms with Gasteiger partial charge in [0.05, 0.1) is 5.76 Å². The van der Waals surface area contributed by atoms with E-state index in [9.17, 15) is 4.79 Å². The Morgan fingerprint density at radius 2 is 1.72 bits per heavy atom. The molecule has 1 fully saturated rings. The molecule has 2 aromatic rings. The maximum absolute atomic E-state index is 10.0. The molecule has 1 saturated heterocycles. The molecular formula is C18H21BN3O2Pt. The van der Waals surface area contributed by atoms with Crippen molar-refractivity contribution in [1.29, 1.82) is 0 Å². The summed E-state index contributed by atoms with van der Waals surface area (Å²) in [5.41, 5.74) is 1.23. The Morgan fingerprint density at radius 3 is 2.24 bits per heavy atom. The van der Waals surface area contributed by atoms with Crippen LogP contribution in [-0.2, 0) is 25.9 Å². The van der Waals surface area contributed by atoms with Crippen LogP contribution in [0.1, 0.15) is 13.8 Å². The van der Waals surface area contributed by atoms with Gasteiger partial charge in [-0.05, 0) is 38.1 Å². The zero-order chi connectivity index (χ0) is 17.4. The molecule has 1 aliphatic rings. The first kappa shape index (κ1) is 21.0. The van der Waals surface area contributed by atoms with Gasteiger partial charge in [0, 0.05) is 52.1 Å². The van der Waals surface area contributed by atoms with E-state index in [1.165, 1.54) is 25.6 Å². The Balaban J connectivity index is 0.000000339. The second-order valence-corrected chi connectivity index (χ2v) is 5.42. The number of anilines is 2. The summed E-state index contributed by atoms with van der Waals surface area (Å²) in [7, 11) is 2.12. The van der Waals surface area contributed by atoms with Gasteiger partial charge < -0.3 is 14.7 Å². The summed E-state index contributed by atoms with van der Waals surface area (Å²) in [6.45, 7) is 4.83. The monoisotopic (exact) mass is 517 g/mol.